The number of carbonyl (C=O) groups is 5. The number of hydrogen-bond acceptors (Lipinski definition) is 54. The van der Waals surface area contributed by atoms with Crippen molar-refractivity contribution < 1.29 is 267 Å². The van der Waals surface area contributed by atoms with Crippen LogP contribution in [0, 0.1) is 0 Å². The zero-order valence-electron chi connectivity index (χ0n) is 73.4. The maximum absolute atomic E-state index is 13.5. The first-order chi connectivity index (χ1) is 63.7. The molecule has 782 valence electrons. The summed E-state index contributed by atoms with van der Waals surface area (Å²) in [7, 11) is 0. The molecule has 59 heteroatoms. The molecule has 0 spiro atoms. The van der Waals surface area contributed by atoms with Gasteiger partial charge < -0.3 is 269 Å². The summed E-state index contributed by atoms with van der Waals surface area (Å²) in [6, 6.07) is -9.65. The Labute approximate surface area is 766 Å². The van der Waals surface area contributed by atoms with Crippen molar-refractivity contribution in [2.24, 2.45) is 0 Å². The molecule has 10 aliphatic heterocycles. The molecule has 34 N–H and O–H groups in total. The molecule has 10 fully saturated rings. The van der Waals surface area contributed by atoms with Gasteiger partial charge in [0.2, 0.25) is 29.5 Å². The molecule has 0 aromatic heterocycles. The van der Waals surface area contributed by atoms with Crippen molar-refractivity contribution >= 4 is 29.5 Å². The van der Waals surface area contributed by atoms with Gasteiger partial charge >= 0.3 is 0 Å². The van der Waals surface area contributed by atoms with Crippen molar-refractivity contribution in [2.45, 2.75) is 380 Å². The molecule has 59 nitrogen and oxygen atoms in total. The fraction of sp³-hybridized carbons (Fsp3) is 0.934. The monoisotopic (exact) mass is 1980 g/mol. The molecule has 10 rings (SSSR count). The van der Waals surface area contributed by atoms with Gasteiger partial charge in [-0.2, -0.15) is 0 Å². The van der Waals surface area contributed by atoms with Gasteiger partial charge in [0.05, 0.1) is 84.3 Å². The van der Waals surface area contributed by atoms with Crippen molar-refractivity contribution in [1.82, 2.24) is 26.6 Å². The van der Waals surface area contributed by atoms with E-state index in [9.17, 15) is 172 Å². The largest absolute Gasteiger partial charge is 0.394 e. The first kappa shape index (κ1) is 112. The van der Waals surface area contributed by atoms with E-state index in [0.29, 0.717) is 0 Å². The standard InChI is InChI=1S/C76H129N5O54/c1-18-39(96)52(109)56(113)71(118-18)116-16-26(95)59(41(98)25(8-82)77-20(3)90)128-69-37(80-23(6)93)50(107)60(32(14-88)125-69)129-73-58(115)62(47(104)34(127-73)17-117-74-64(54(111)44(101)29(11-85)122-74)133-68-36(79-22(5)92)49(106)43(100)28(10-84)121-68)131-75-65(55(112)45(102)30(12-86)123-75)134-70-38(81-24(7)94)51(108)61(33(15-89)126-70)130-76-66(135-72-57(114)53(110)40(97)19(2)119-72)63(46(103)31(13-87)124-76)132-67-35(78-21(4)91)48(105)42(99)27(9-83)120-67/h18-19,25-76,82-89,95-115H,8-17H2,1-7H3,(H,77,90)(H,78,91)(H,79,92)(H,80,93)(H,81,94)/t18-,19-,25-,26+,27+,28+,29+,30+,31+,32+,33+,34+,35+,36+,37+,38+,39+,40+,41+,42-,43+,44+,45+,46-,47+,48+,49+,50+,51+,52+,53+,54-,55-,56-,57-,58-,59+,60+,61+,62-,63-,64-,65-,66+,67+,68-,69-,70-,71+,72-,73-,74-,75+,76-/m0/s1. The molecule has 10 saturated heterocycles. The molecular weight excluding hydrogens is 1850 g/mol. The molecular formula is C76H129N5O54. The lowest BCUT2D eigenvalue weighted by molar-refractivity contribution is -0.406. The SMILES string of the molecule is CC(=O)N[C@H]1[C@H](O[C@@H]([C@H](O)[C@H](CO)NC(C)=O)[C@H](O)CO[C@@H]2O[C@@H](C)[C@@H](O)[C@@H](O)[C@@H]2O)O[C@H](CO)[C@@H](O[C@@H]2O[C@H](CO[C@H]3O[C@H](CO)[C@@H](O)[C@H](O)[C@@H]3O[C@@H]3O[C@H](CO)[C@@H](O)[C@H](O)[C@H]3NC(C)=O)[C@@H](O)[C@H](O[C@H]3O[C@H](CO)[C@@H](O)[C@H](O)[C@@H]3O[C@@H]3O[C@H](CO)[C@@H](O[C@@H]4O[C@H](CO)[C@H](O)[C@H](O[C@H]5O[C@H](CO)[C@H](O)[C@H](O)[C@H]5NC(C)=O)[C@H]4O[C@@H]4O[C@@H](C)[C@@H](O)[C@@H](O)[C@@H]4O)[C@H](O)[C@H]3NC(C)=O)[C@@H]2O)[C@@H]1O. The molecule has 5 amide bonds. The summed E-state index contributed by atoms with van der Waals surface area (Å²) in [4.78, 5) is 64.4. The smallest absolute Gasteiger partial charge is 0.217 e. The summed E-state index contributed by atoms with van der Waals surface area (Å²) in [6.07, 6.45) is -105. The van der Waals surface area contributed by atoms with Crippen LogP contribution in [0.5, 0.6) is 0 Å². The molecule has 135 heavy (non-hydrogen) atoms. The van der Waals surface area contributed by atoms with Crippen LogP contribution < -0.4 is 26.6 Å². The number of amides is 5. The Bertz CT molecular complexity index is 3690. The average Bonchev–Trinajstić information content (AvgIpc) is 0.762. The number of nitrogens with one attached hydrogen (secondary N) is 5. The van der Waals surface area contributed by atoms with Crippen LogP contribution in [-0.4, -0.2) is 575 Å². The normalized spacial score (nSPS) is 47.0. The topological polar surface area (TPSA) is 917 Å². The maximum Gasteiger partial charge on any atom is 0.217 e. The second kappa shape index (κ2) is 49.6. The molecule has 0 aromatic rings. The van der Waals surface area contributed by atoms with Gasteiger partial charge in [0.15, 0.2) is 62.9 Å². The average molecular weight is 1980 g/mol. The predicted molar refractivity (Wildman–Crippen MR) is 420 cm³/mol. The van der Waals surface area contributed by atoms with Crippen LogP contribution in [0.1, 0.15) is 48.5 Å². The zero-order chi connectivity index (χ0) is 99.8. The van der Waals surface area contributed by atoms with E-state index in [-0.39, 0.29) is 0 Å². The van der Waals surface area contributed by atoms with Gasteiger partial charge in [0.1, 0.15) is 250 Å². The van der Waals surface area contributed by atoms with Crippen LogP contribution in [0.15, 0.2) is 0 Å². The lowest BCUT2D eigenvalue weighted by Crippen LogP contribution is -2.71. The summed E-state index contributed by atoms with van der Waals surface area (Å²) < 4.78 is 120. The summed E-state index contributed by atoms with van der Waals surface area (Å²) >= 11 is 0. The van der Waals surface area contributed by atoms with E-state index in [2.05, 4.69) is 26.6 Å². The second-order valence-corrected chi connectivity index (χ2v) is 34.3. The summed E-state index contributed by atoms with van der Waals surface area (Å²) in [5.74, 6) is -4.76. The first-order valence-electron chi connectivity index (χ1n) is 43.3. The highest BCUT2D eigenvalue weighted by Crippen LogP contribution is 2.42. The Kier molecular flexibility index (Phi) is 41.3. The van der Waals surface area contributed by atoms with Gasteiger partial charge in [-0.1, -0.05) is 0 Å². The number of carbonyl (C=O) groups excluding carboxylic acids is 5. The molecule has 0 bridgehead atoms. The quantitative estimate of drug-likeness (QED) is 0.0273. The lowest BCUT2D eigenvalue weighted by atomic mass is 9.93. The summed E-state index contributed by atoms with van der Waals surface area (Å²) in [5.41, 5.74) is 0. The first-order valence-corrected chi connectivity index (χ1v) is 43.3. The van der Waals surface area contributed by atoms with Gasteiger partial charge in [-0.15, -0.1) is 0 Å². The number of rotatable bonds is 38. The number of aliphatic hydroxyl groups is 29. The highest BCUT2D eigenvalue weighted by atomic mass is 16.8. The van der Waals surface area contributed by atoms with Crippen molar-refractivity contribution in [3.63, 3.8) is 0 Å². The van der Waals surface area contributed by atoms with E-state index in [4.69, 9.17) is 94.7 Å². The fourth-order valence-corrected chi connectivity index (χ4v) is 17.2. The van der Waals surface area contributed by atoms with E-state index in [1.807, 2.05) is 0 Å². The van der Waals surface area contributed by atoms with E-state index in [1.165, 1.54) is 13.8 Å². The maximum atomic E-state index is 13.5. The lowest BCUT2D eigenvalue weighted by Gasteiger charge is -2.52. The Morgan fingerprint density at radius 1 is 0.274 bits per heavy atom. The third-order valence-electron chi connectivity index (χ3n) is 24.6. The van der Waals surface area contributed by atoms with Crippen molar-refractivity contribution in [3.8, 4) is 0 Å². The molecule has 0 aromatic carbocycles. The molecule has 0 unspecified atom stereocenters. The van der Waals surface area contributed by atoms with Crippen molar-refractivity contribution in [1.29, 1.82) is 0 Å². The Morgan fingerprint density at radius 3 is 1.03 bits per heavy atom. The number of aliphatic hydroxyl groups excluding tert-OH is 29. The molecule has 10 heterocycles. The predicted octanol–water partition coefficient (Wildman–Crippen LogP) is -22.6. The van der Waals surface area contributed by atoms with Gasteiger partial charge in [0, 0.05) is 34.6 Å². The Morgan fingerprint density at radius 2 is 0.593 bits per heavy atom. The second-order valence-electron chi connectivity index (χ2n) is 34.3. The molecule has 0 saturated carbocycles. The zero-order valence-corrected chi connectivity index (χ0v) is 73.4. The molecule has 0 radical (unpaired) electrons. The van der Waals surface area contributed by atoms with Gasteiger partial charge in [0.25, 0.3) is 0 Å². The van der Waals surface area contributed by atoms with E-state index in [0.717, 1.165) is 34.6 Å². The van der Waals surface area contributed by atoms with E-state index in [1.54, 1.807) is 0 Å². The van der Waals surface area contributed by atoms with Crippen LogP contribution in [0.2, 0.25) is 0 Å². The van der Waals surface area contributed by atoms with Crippen LogP contribution in [-0.2, 0) is 119 Å². The third kappa shape index (κ3) is 25.8. The minimum atomic E-state index is -2.69. The van der Waals surface area contributed by atoms with Crippen molar-refractivity contribution in [2.75, 3.05) is 66.1 Å². The number of ether oxygens (including phenoxy) is 20. The number of hydrogen-bond donors (Lipinski definition) is 34. The minimum absolute atomic E-state index is 0.868. The van der Waals surface area contributed by atoms with Gasteiger partial charge in [-0.05, 0) is 13.8 Å². The minimum Gasteiger partial charge on any atom is -0.394 e. The highest BCUT2D eigenvalue weighted by Gasteiger charge is 2.63. The Hall–Kier alpha value is -4.61. The van der Waals surface area contributed by atoms with Crippen LogP contribution in [0.25, 0.3) is 0 Å². The molecule has 10 aliphatic rings. The van der Waals surface area contributed by atoms with Gasteiger partial charge in [-0.3, -0.25) is 24.0 Å². The van der Waals surface area contributed by atoms with Crippen molar-refractivity contribution in [3.05, 3.63) is 0 Å². The summed E-state index contributed by atoms with van der Waals surface area (Å²) in [5, 5.41) is 340. The van der Waals surface area contributed by atoms with E-state index < -0.39 is 427 Å². The van der Waals surface area contributed by atoms with Gasteiger partial charge in [-0.25, -0.2) is 0 Å². The van der Waals surface area contributed by atoms with Crippen LogP contribution in [0.3, 0.4) is 0 Å². The summed E-state index contributed by atoms with van der Waals surface area (Å²) in [6.45, 7) is -4.58. The van der Waals surface area contributed by atoms with E-state index >= 15 is 0 Å². The van der Waals surface area contributed by atoms with Crippen LogP contribution in [0.4, 0.5) is 0 Å². The molecule has 54 atom stereocenters. The molecule has 0 aliphatic carbocycles. The Balaban J connectivity index is 1.00. The third-order valence-corrected chi connectivity index (χ3v) is 24.6. The van der Waals surface area contributed by atoms with Crippen LogP contribution >= 0.6 is 0 Å². The fourth-order valence-electron chi connectivity index (χ4n) is 17.2. The highest BCUT2D eigenvalue weighted by molar-refractivity contribution is 5.75.